The molecule has 1 aromatic heterocycles. The van der Waals surface area contributed by atoms with Crippen molar-refractivity contribution >= 4 is 0 Å². The molecule has 1 N–H and O–H groups in total. The van der Waals surface area contributed by atoms with E-state index in [9.17, 15) is 0 Å². The molecule has 3 heteroatoms. The molecule has 1 aliphatic heterocycles. The van der Waals surface area contributed by atoms with Gasteiger partial charge in [-0.15, -0.1) is 0 Å². The third-order valence-corrected chi connectivity index (χ3v) is 3.02. The van der Waals surface area contributed by atoms with Crippen molar-refractivity contribution in [3.8, 4) is 0 Å². The molecule has 1 saturated heterocycles. The van der Waals surface area contributed by atoms with Crippen LogP contribution < -0.4 is 5.32 Å². The van der Waals surface area contributed by atoms with Gasteiger partial charge >= 0.3 is 0 Å². The summed E-state index contributed by atoms with van der Waals surface area (Å²) in [6, 6.07) is 2.00. The first-order valence-corrected chi connectivity index (χ1v) is 5.79. The first-order valence-electron chi connectivity index (χ1n) is 5.79. The molecule has 1 fully saturated rings. The maximum Gasteiger partial charge on any atom is 0.0947 e. The van der Waals surface area contributed by atoms with E-state index in [4.69, 9.17) is 4.42 Å². The van der Waals surface area contributed by atoms with Crippen LogP contribution >= 0.6 is 0 Å². The smallest absolute Gasteiger partial charge is 0.0947 e. The fourth-order valence-corrected chi connectivity index (χ4v) is 2.09. The molecule has 0 spiro atoms. The fraction of sp³-hybridized carbons (Fsp3) is 0.667. The van der Waals surface area contributed by atoms with Crippen LogP contribution in [0.5, 0.6) is 0 Å². The predicted octanol–water partition coefficient (Wildman–Crippen LogP) is 1.71. The lowest BCUT2D eigenvalue weighted by molar-refractivity contribution is 0.325. The van der Waals surface area contributed by atoms with Crippen molar-refractivity contribution < 1.29 is 4.42 Å². The third kappa shape index (κ3) is 3.36. The Balaban J connectivity index is 1.55. The Kier molecular flexibility index (Phi) is 3.80. The molecule has 2 rings (SSSR count). The summed E-state index contributed by atoms with van der Waals surface area (Å²) in [7, 11) is 0. The highest BCUT2D eigenvalue weighted by molar-refractivity contribution is 5.04. The summed E-state index contributed by atoms with van der Waals surface area (Å²) in [5, 5.41) is 3.43. The highest BCUT2D eigenvalue weighted by Gasteiger charge is 2.17. The molecular weight excluding hydrogens is 188 g/mol. The monoisotopic (exact) mass is 208 g/mol. The standard InChI is InChI=1S/C12H20N2O/c1-11-2-5-14(9-11)6-4-13-8-12-3-7-15-10-12/h3,7,10-11,13H,2,4-6,8-9H2,1H3. The zero-order valence-corrected chi connectivity index (χ0v) is 9.41. The van der Waals surface area contributed by atoms with Gasteiger partial charge in [-0.2, -0.15) is 0 Å². The number of rotatable bonds is 5. The maximum absolute atomic E-state index is 5.01. The van der Waals surface area contributed by atoms with Crippen LogP contribution in [0.15, 0.2) is 23.0 Å². The summed E-state index contributed by atoms with van der Waals surface area (Å²) < 4.78 is 5.01. The number of hydrogen-bond acceptors (Lipinski definition) is 3. The molecule has 0 aromatic carbocycles. The van der Waals surface area contributed by atoms with Crippen molar-refractivity contribution in [3.05, 3.63) is 24.2 Å². The Morgan fingerprint density at radius 2 is 2.53 bits per heavy atom. The van der Waals surface area contributed by atoms with Gasteiger partial charge in [-0.05, 0) is 24.9 Å². The van der Waals surface area contributed by atoms with E-state index in [1.54, 1.807) is 12.5 Å². The average molecular weight is 208 g/mol. The van der Waals surface area contributed by atoms with E-state index in [0.29, 0.717) is 0 Å². The van der Waals surface area contributed by atoms with Gasteiger partial charge in [0.15, 0.2) is 0 Å². The molecule has 0 radical (unpaired) electrons. The van der Waals surface area contributed by atoms with Gasteiger partial charge in [0.2, 0.25) is 0 Å². The van der Waals surface area contributed by atoms with Gasteiger partial charge in [-0.25, -0.2) is 0 Å². The molecule has 0 amide bonds. The Morgan fingerprint density at radius 3 is 3.20 bits per heavy atom. The quantitative estimate of drug-likeness (QED) is 0.747. The summed E-state index contributed by atoms with van der Waals surface area (Å²) in [5.41, 5.74) is 1.23. The Morgan fingerprint density at radius 1 is 1.60 bits per heavy atom. The molecule has 0 bridgehead atoms. The molecule has 3 nitrogen and oxygen atoms in total. The number of nitrogens with zero attached hydrogens (tertiary/aromatic N) is 1. The Labute approximate surface area is 91.4 Å². The third-order valence-electron chi connectivity index (χ3n) is 3.02. The van der Waals surface area contributed by atoms with E-state index in [-0.39, 0.29) is 0 Å². The van der Waals surface area contributed by atoms with Crippen LogP contribution in [-0.2, 0) is 6.54 Å². The normalized spacial score (nSPS) is 22.3. The van der Waals surface area contributed by atoms with Crippen LogP contribution in [-0.4, -0.2) is 31.1 Å². The zero-order chi connectivity index (χ0) is 10.5. The lowest BCUT2D eigenvalue weighted by Gasteiger charge is -2.15. The molecule has 15 heavy (non-hydrogen) atoms. The highest BCUT2D eigenvalue weighted by atomic mass is 16.3. The predicted molar refractivity (Wildman–Crippen MR) is 60.6 cm³/mol. The summed E-state index contributed by atoms with van der Waals surface area (Å²) in [5.74, 6) is 0.888. The number of hydrogen-bond donors (Lipinski definition) is 1. The molecule has 0 aliphatic carbocycles. The van der Waals surface area contributed by atoms with Crippen molar-refractivity contribution in [1.29, 1.82) is 0 Å². The first kappa shape index (κ1) is 10.7. The zero-order valence-electron chi connectivity index (χ0n) is 9.41. The van der Waals surface area contributed by atoms with Gasteiger partial charge in [0.05, 0.1) is 12.5 Å². The van der Waals surface area contributed by atoms with Gasteiger partial charge in [0.1, 0.15) is 0 Å². The number of nitrogens with one attached hydrogen (secondary N) is 1. The lowest BCUT2D eigenvalue weighted by Crippen LogP contribution is -2.30. The number of furan rings is 1. The van der Waals surface area contributed by atoms with E-state index in [0.717, 1.165) is 19.0 Å². The second-order valence-electron chi connectivity index (χ2n) is 4.50. The van der Waals surface area contributed by atoms with E-state index < -0.39 is 0 Å². The van der Waals surface area contributed by atoms with Gasteiger partial charge in [0, 0.05) is 31.7 Å². The first-order chi connectivity index (χ1) is 7.34. The Bertz CT molecular complexity index is 271. The largest absolute Gasteiger partial charge is 0.472 e. The molecule has 0 saturated carbocycles. The molecule has 2 heterocycles. The van der Waals surface area contributed by atoms with Crippen molar-refractivity contribution in [1.82, 2.24) is 10.2 Å². The van der Waals surface area contributed by atoms with Crippen LogP contribution in [0.2, 0.25) is 0 Å². The molecule has 1 aliphatic rings. The summed E-state index contributed by atoms with van der Waals surface area (Å²) in [6.45, 7) is 8.03. The van der Waals surface area contributed by atoms with E-state index in [1.165, 1.54) is 31.6 Å². The van der Waals surface area contributed by atoms with Gasteiger partial charge in [0.25, 0.3) is 0 Å². The van der Waals surface area contributed by atoms with Gasteiger partial charge in [-0.1, -0.05) is 6.92 Å². The second kappa shape index (κ2) is 5.33. The van der Waals surface area contributed by atoms with Crippen molar-refractivity contribution in [2.75, 3.05) is 26.2 Å². The summed E-state index contributed by atoms with van der Waals surface area (Å²) >= 11 is 0. The lowest BCUT2D eigenvalue weighted by atomic mass is 10.2. The molecular formula is C12H20N2O. The van der Waals surface area contributed by atoms with Crippen LogP contribution in [0.3, 0.4) is 0 Å². The van der Waals surface area contributed by atoms with Crippen LogP contribution in [0.1, 0.15) is 18.9 Å². The van der Waals surface area contributed by atoms with Crippen LogP contribution in [0.25, 0.3) is 0 Å². The molecule has 84 valence electrons. The molecule has 1 unspecified atom stereocenters. The van der Waals surface area contributed by atoms with Crippen molar-refractivity contribution in [2.24, 2.45) is 5.92 Å². The van der Waals surface area contributed by atoms with E-state index in [2.05, 4.69) is 17.1 Å². The minimum Gasteiger partial charge on any atom is -0.472 e. The van der Waals surface area contributed by atoms with Crippen molar-refractivity contribution in [2.45, 2.75) is 19.9 Å². The highest BCUT2D eigenvalue weighted by Crippen LogP contribution is 2.13. The summed E-state index contributed by atoms with van der Waals surface area (Å²) in [4.78, 5) is 2.53. The van der Waals surface area contributed by atoms with E-state index >= 15 is 0 Å². The minimum atomic E-state index is 0.888. The topological polar surface area (TPSA) is 28.4 Å². The Hall–Kier alpha value is -0.800. The fourth-order valence-electron chi connectivity index (χ4n) is 2.09. The van der Waals surface area contributed by atoms with Gasteiger partial charge < -0.3 is 14.6 Å². The molecule has 1 aromatic rings. The SMILES string of the molecule is CC1CCN(CCNCc2ccoc2)C1. The van der Waals surface area contributed by atoms with Gasteiger partial charge in [-0.3, -0.25) is 0 Å². The minimum absolute atomic E-state index is 0.888. The second-order valence-corrected chi connectivity index (χ2v) is 4.50. The summed E-state index contributed by atoms with van der Waals surface area (Å²) in [6.07, 6.45) is 4.88. The average Bonchev–Trinajstić information content (AvgIpc) is 2.84. The van der Waals surface area contributed by atoms with Crippen LogP contribution in [0.4, 0.5) is 0 Å². The maximum atomic E-state index is 5.01. The molecule has 1 atom stereocenters. The van der Waals surface area contributed by atoms with E-state index in [1.807, 2.05) is 6.07 Å². The van der Waals surface area contributed by atoms with Crippen LogP contribution in [0, 0.1) is 5.92 Å². The number of likely N-dealkylation sites (tertiary alicyclic amines) is 1. The van der Waals surface area contributed by atoms with Crippen molar-refractivity contribution in [3.63, 3.8) is 0 Å².